The van der Waals surface area contributed by atoms with Crippen molar-refractivity contribution in [1.29, 1.82) is 0 Å². The minimum atomic E-state index is -0.179. The van der Waals surface area contributed by atoms with E-state index in [1.54, 1.807) is 0 Å². The molecule has 2 N–H and O–H groups in total. The minimum Gasteiger partial charge on any atom is -0.337 e. The van der Waals surface area contributed by atoms with E-state index in [1.165, 1.54) is 16.9 Å². The summed E-state index contributed by atoms with van der Waals surface area (Å²) in [4.78, 5) is 16.1. The zero-order valence-electron chi connectivity index (χ0n) is 11.3. The van der Waals surface area contributed by atoms with E-state index in [2.05, 4.69) is 27.8 Å². The summed E-state index contributed by atoms with van der Waals surface area (Å²) in [6.45, 7) is 2.58. The van der Waals surface area contributed by atoms with Gasteiger partial charge in [-0.15, -0.1) is 11.3 Å². The number of urea groups is 1. The smallest absolute Gasteiger partial charge is 0.321 e. The van der Waals surface area contributed by atoms with Gasteiger partial charge in [-0.2, -0.15) is 0 Å². The molecule has 2 aromatic rings. The Hall–Kier alpha value is -1.88. The van der Waals surface area contributed by atoms with Gasteiger partial charge in [0.1, 0.15) is 0 Å². The quantitative estimate of drug-likeness (QED) is 0.906. The van der Waals surface area contributed by atoms with Crippen molar-refractivity contribution < 1.29 is 4.79 Å². The molecule has 1 aromatic heterocycles. The van der Waals surface area contributed by atoms with Crippen molar-refractivity contribution in [3.63, 3.8) is 0 Å². The van der Waals surface area contributed by atoms with Crippen molar-refractivity contribution in [2.24, 2.45) is 0 Å². The molecule has 0 unspecified atom stereocenters. The van der Waals surface area contributed by atoms with Crippen molar-refractivity contribution in [2.45, 2.75) is 25.2 Å². The fraction of sp³-hybridized carbons (Fsp3) is 0.333. The Bertz CT molecular complexity index is 605. The summed E-state index contributed by atoms with van der Waals surface area (Å²) in [5.41, 5.74) is 2.37. The second kappa shape index (κ2) is 5.25. The van der Waals surface area contributed by atoms with Crippen molar-refractivity contribution in [1.82, 2.24) is 10.3 Å². The Morgan fingerprint density at radius 1 is 1.35 bits per heavy atom. The van der Waals surface area contributed by atoms with Crippen LogP contribution in [0.25, 0.3) is 0 Å². The maximum Gasteiger partial charge on any atom is 0.321 e. The SMILES string of the molecule is Cc1csc(NC(=O)NCC2(c3ccccc3)CC2)n1. The van der Waals surface area contributed by atoms with Crippen LogP contribution in [0.5, 0.6) is 0 Å². The number of nitrogens with zero attached hydrogens (tertiary/aromatic N) is 1. The minimum absolute atomic E-state index is 0.136. The lowest BCUT2D eigenvalue weighted by atomic mass is 9.96. The summed E-state index contributed by atoms with van der Waals surface area (Å²) in [5, 5.41) is 8.29. The monoisotopic (exact) mass is 287 g/mol. The lowest BCUT2D eigenvalue weighted by molar-refractivity contribution is 0.251. The Morgan fingerprint density at radius 3 is 2.70 bits per heavy atom. The lowest BCUT2D eigenvalue weighted by Gasteiger charge is -2.16. The molecule has 4 nitrogen and oxygen atoms in total. The van der Waals surface area contributed by atoms with Gasteiger partial charge in [0.25, 0.3) is 0 Å². The van der Waals surface area contributed by atoms with Gasteiger partial charge >= 0.3 is 6.03 Å². The van der Waals surface area contributed by atoms with Crippen LogP contribution in [0.4, 0.5) is 9.93 Å². The molecule has 0 bridgehead atoms. The van der Waals surface area contributed by atoms with Gasteiger partial charge in [0.15, 0.2) is 5.13 Å². The first-order valence-corrected chi connectivity index (χ1v) is 7.58. The number of hydrogen-bond donors (Lipinski definition) is 2. The summed E-state index contributed by atoms with van der Waals surface area (Å²) in [5.74, 6) is 0. The number of nitrogens with one attached hydrogen (secondary N) is 2. The first kappa shape index (κ1) is 13.1. The van der Waals surface area contributed by atoms with Gasteiger partial charge in [0.2, 0.25) is 0 Å². The number of rotatable bonds is 4. The van der Waals surface area contributed by atoms with E-state index in [-0.39, 0.29) is 11.4 Å². The summed E-state index contributed by atoms with van der Waals surface area (Å²) in [6.07, 6.45) is 2.27. The van der Waals surface area contributed by atoms with E-state index in [4.69, 9.17) is 0 Å². The van der Waals surface area contributed by atoms with E-state index >= 15 is 0 Å². The summed E-state index contributed by atoms with van der Waals surface area (Å²) in [7, 11) is 0. The highest BCUT2D eigenvalue weighted by Crippen LogP contribution is 2.47. The van der Waals surface area contributed by atoms with E-state index in [9.17, 15) is 4.79 Å². The second-order valence-electron chi connectivity index (χ2n) is 5.25. The van der Waals surface area contributed by atoms with Crippen LogP contribution < -0.4 is 10.6 Å². The van der Waals surface area contributed by atoms with Crippen LogP contribution in [-0.4, -0.2) is 17.6 Å². The molecule has 104 valence electrons. The highest BCUT2D eigenvalue weighted by atomic mass is 32.1. The van der Waals surface area contributed by atoms with Crippen LogP contribution >= 0.6 is 11.3 Å². The van der Waals surface area contributed by atoms with E-state index in [0.29, 0.717) is 11.7 Å². The predicted octanol–water partition coefficient (Wildman–Crippen LogP) is 3.30. The molecule has 1 aliphatic carbocycles. The second-order valence-corrected chi connectivity index (χ2v) is 6.11. The number of benzene rings is 1. The van der Waals surface area contributed by atoms with E-state index < -0.39 is 0 Å². The van der Waals surface area contributed by atoms with Crippen LogP contribution in [0.3, 0.4) is 0 Å². The molecular weight excluding hydrogens is 270 g/mol. The van der Waals surface area contributed by atoms with Crippen molar-refractivity contribution in [2.75, 3.05) is 11.9 Å². The molecule has 1 saturated carbocycles. The fourth-order valence-electron chi connectivity index (χ4n) is 2.31. The standard InChI is InChI=1S/C15H17N3OS/c1-11-9-20-14(17-11)18-13(19)16-10-15(7-8-15)12-5-3-2-4-6-12/h2-6,9H,7-8,10H2,1H3,(H2,16,17,18,19). The Morgan fingerprint density at radius 2 is 2.10 bits per heavy atom. The van der Waals surface area contributed by atoms with Gasteiger partial charge < -0.3 is 5.32 Å². The molecule has 1 heterocycles. The van der Waals surface area contributed by atoms with Crippen LogP contribution in [0, 0.1) is 6.92 Å². The summed E-state index contributed by atoms with van der Waals surface area (Å²) in [6, 6.07) is 10.2. The maximum atomic E-state index is 11.9. The maximum absolute atomic E-state index is 11.9. The molecule has 0 atom stereocenters. The number of aryl methyl sites for hydroxylation is 1. The van der Waals surface area contributed by atoms with Crippen molar-refractivity contribution in [3.8, 4) is 0 Å². The average Bonchev–Trinajstić information content (AvgIpc) is 3.15. The third-order valence-electron chi connectivity index (χ3n) is 3.67. The molecule has 1 aliphatic rings. The topological polar surface area (TPSA) is 54.0 Å². The van der Waals surface area contributed by atoms with Gasteiger partial charge in [-0.3, -0.25) is 5.32 Å². The zero-order valence-corrected chi connectivity index (χ0v) is 12.2. The van der Waals surface area contributed by atoms with Crippen LogP contribution in [0.2, 0.25) is 0 Å². The fourth-order valence-corrected chi connectivity index (χ4v) is 3.00. The average molecular weight is 287 g/mol. The third kappa shape index (κ3) is 2.82. The van der Waals surface area contributed by atoms with Gasteiger partial charge in [-0.25, -0.2) is 9.78 Å². The number of thiazole rings is 1. The van der Waals surface area contributed by atoms with E-state index in [0.717, 1.165) is 18.5 Å². The third-order valence-corrected chi connectivity index (χ3v) is 4.54. The first-order valence-electron chi connectivity index (χ1n) is 6.70. The largest absolute Gasteiger partial charge is 0.337 e. The Balaban J connectivity index is 1.56. The molecular formula is C15H17N3OS. The van der Waals surface area contributed by atoms with Gasteiger partial charge in [-0.1, -0.05) is 30.3 Å². The highest BCUT2D eigenvalue weighted by Gasteiger charge is 2.44. The zero-order chi connectivity index (χ0) is 14.0. The molecule has 5 heteroatoms. The van der Waals surface area contributed by atoms with Gasteiger partial charge in [0.05, 0.1) is 5.69 Å². The molecule has 0 saturated heterocycles. The normalized spacial score (nSPS) is 15.7. The molecule has 1 fully saturated rings. The van der Waals surface area contributed by atoms with Gasteiger partial charge in [0, 0.05) is 17.3 Å². The number of aromatic nitrogens is 1. The number of carbonyl (C=O) groups excluding carboxylic acids is 1. The van der Waals surface area contributed by atoms with E-state index in [1.807, 2.05) is 30.5 Å². The lowest BCUT2D eigenvalue weighted by Crippen LogP contribution is -2.35. The molecule has 0 spiro atoms. The Labute approximate surface area is 122 Å². The number of carbonyl (C=O) groups is 1. The first-order chi connectivity index (χ1) is 9.68. The number of hydrogen-bond acceptors (Lipinski definition) is 3. The highest BCUT2D eigenvalue weighted by molar-refractivity contribution is 7.13. The number of amides is 2. The van der Waals surface area contributed by atoms with Crippen LogP contribution in [0.15, 0.2) is 35.7 Å². The van der Waals surface area contributed by atoms with Crippen LogP contribution in [0.1, 0.15) is 24.1 Å². The van der Waals surface area contributed by atoms with Crippen molar-refractivity contribution in [3.05, 3.63) is 47.0 Å². The Kier molecular flexibility index (Phi) is 3.44. The predicted molar refractivity (Wildman–Crippen MR) is 81.2 cm³/mol. The molecule has 20 heavy (non-hydrogen) atoms. The summed E-state index contributed by atoms with van der Waals surface area (Å²) < 4.78 is 0. The van der Waals surface area contributed by atoms with Crippen molar-refractivity contribution >= 4 is 22.5 Å². The molecule has 3 rings (SSSR count). The summed E-state index contributed by atoms with van der Waals surface area (Å²) >= 11 is 1.44. The van der Waals surface area contributed by atoms with Crippen LogP contribution in [-0.2, 0) is 5.41 Å². The molecule has 0 aliphatic heterocycles. The number of anilines is 1. The molecule has 2 amide bonds. The van der Waals surface area contributed by atoms with Gasteiger partial charge in [-0.05, 0) is 25.3 Å². The molecule has 0 radical (unpaired) electrons. The molecule has 1 aromatic carbocycles.